The van der Waals surface area contributed by atoms with Gasteiger partial charge in [-0.2, -0.15) is 0 Å². The normalized spacial score (nSPS) is 14.5. The van der Waals surface area contributed by atoms with Gasteiger partial charge in [0.2, 0.25) is 5.91 Å². The molecule has 7 nitrogen and oxygen atoms in total. The highest BCUT2D eigenvalue weighted by Gasteiger charge is 2.23. The lowest BCUT2D eigenvalue weighted by Crippen LogP contribution is -2.29. The van der Waals surface area contributed by atoms with Gasteiger partial charge in [-0.05, 0) is 60.3 Å². The molecule has 0 aromatic heterocycles. The first kappa shape index (κ1) is 23.2. The first-order valence-electron chi connectivity index (χ1n) is 10.9. The predicted molar refractivity (Wildman–Crippen MR) is 125 cm³/mol. The number of nitrogens with zero attached hydrogens (tertiary/aromatic N) is 1. The highest BCUT2D eigenvalue weighted by atomic mass is 16.3. The first-order chi connectivity index (χ1) is 15.6. The second-order valence-electron chi connectivity index (χ2n) is 7.67. The first-order valence-corrected chi connectivity index (χ1v) is 10.9. The minimum atomic E-state index is -0.250. The van der Waals surface area contributed by atoms with Crippen molar-refractivity contribution in [2.45, 2.75) is 26.2 Å². The molecule has 7 heteroatoms. The summed E-state index contributed by atoms with van der Waals surface area (Å²) in [7, 11) is 0. The van der Waals surface area contributed by atoms with Crippen molar-refractivity contribution in [3.63, 3.8) is 0 Å². The summed E-state index contributed by atoms with van der Waals surface area (Å²) in [5.74, 6) is 0.130. The van der Waals surface area contributed by atoms with Crippen LogP contribution in [0, 0.1) is 0 Å². The van der Waals surface area contributed by atoms with Crippen molar-refractivity contribution in [2.24, 2.45) is 0 Å². The molecule has 0 fully saturated rings. The Labute approximate surface area is 188 Å². The lowest BCUT2D eigenvalue weighted by Gasteiger charge is -2.16. The van der Waals surface area contributed by atoms with E-state index in [1.54, 1.807) is 0 Å². The van der Waals surface area contributed by atoms with Crippen LogP contribution in [0.25, 0.3) is 11.1 Å². The predicted octanol–water partition coefficient (Wildman–Crippen LogP) is 3.00. The fraction of sp³-hybridized carbons (Fsp3) is 0.320. The molecule has 32 heavy (non-hydrogen) atoms. The molecule has 168 valence electrons. The summed E-state index contributed by atoms with van der Waals surface area (Å²) in [5, 5.41) is 13.2. The summed E-state index contributed by atoms with van der Waals surface area (Å²) in [6.07, 6.45) is 4.55. The number of carbonyl (C=O) groups is 3. The van der Waals surface area contributed by atoms with Crippen LogP contribution in [0.1, 0.15) is 35.7 Å². The zero-order valence-electron chi connectivity index (χ0n) is 18.3. The molecule has 0 aliphatic carbocycles. The third kappa shape index (κ3) is 5.62. The summed E-state index contributed by atoms with van der Waals surface area (Å²) < 4.78 is 0. The molecule has 0 saturated heterocycles. The molecule has 0 spiro atoms. The molecule has 2 heterocycles. The Kier molecular flexibility index (Phi) is 8.16. The molecule has 0 bridgehead atoms. The van der Waals surface area contributed by atoms with Gasteiger partial charge in [-0.15, -0.1) is 0 Å². The van der Waals surface area contributed by atoms with Gasteiger partial charge in [0.25, 0.3) is 12.4 Å². The number of hydrogen-bond acceptors (Lipinski definition) is 4. The standard InChI is InChI=1S/C24H27N3O2.CH2O2/c1-2-23(28)27-14-11-21-15-20(7-8-22(21)27)18-3-5-19(6-4-18)24(29)26-16-17-9-12-25-13-10-17;2-1-3/h3-9,15,25H,2,10-14,16H2,1H3,(H,26,29);1H,(H,2,3). The number of amides is 2. The fourth-order valence-corrected chi connectivity index (χ4v) is 3.97. The van der Waals surface area contributed by atoms with Crippen molar-refractivity contribution in [1.82, 2.24) is 10.6 Å². The van der Waals surface area contributed by atoms with Crippen LogP contribution < -0.4 is 15.5 Å². The summed E-state index contributed by atoms with van der Waals surface area (Å²) in [4.78, 5) is 34.7. The lowest BCUT2D eigenvalue weighted by molar-refractivity contribution is -0.123. The Bertz CT molecular complexity index is 999. The molecule has 4 rings (SSSR count). The average molecular weight is 436 g/mol. The minimum Gasteiger partial charge on any atom is -0.483 e. The number of carboxylic acid groups (broad SMARTS) is 1. The highest BCUT2D eigenvalue weighted by molar-refractivity contribution is 5.96. The number of hydrogen-bond donors (Lipinski definition) is 3. The molecule has 0 radical (unpaired) electrons. The maximum Gasteiger partial charge on any atom is 0.290 e. The topological polar surface area (TPSA) is 98.7 Å². The molecular weight excluding hydrogens is 406 g/mol. The van der Waals surface area contributed by atoms with Gasteiger partial charge in [-0.1, -0.05) is 36.8 Å². The molecular formula is C25H29N3O4. The third-order valence-corrected chi connectivity index (χ3v) is 5.69. The smallest absolute Gasteiger partial charge is 0.290 e. The zero-order chi connectivity index (χ0) is 22.9. The van der Waals surface area contributed by atoms with E-state index in [2.05, 4.69) is 28.8 Å². The van der Waals surface area contributed by atoms with E-state index in [0.29, 0.717) is 18.5 Å². The number of rotatable bonds is 5. The Balaban J connectivity index is 0.000000913. The van der Waals surface area contributed by atoms with E-state index >= 15 is 0 Å². The maximum atomic E-state index is 12.4. The zero-order valence-corrected chi connectivity index (χ0v) is 18.3. The van der Waals surface area contributed by atoms with Gasteiger partial charge in [0, 0.05) is 37.3 Å². The van der Waals surface area contributed by atoms with Gasteiger partial charge < -0.3 is 20.6 Å². The summed E-state index contributed by atoms with van der Waals surface area (Å²) in [6, 6.07) is 14.0. The largest absolute Gasteiger partial charge is 0.483 e. The molecule has 2 aromatic rings. The number of carbonyl (C=O) groups excluding carboxylic acids is 2. The second kappa shape index (κ2) is 11.2. The van der Waals surface area contributed by atoms with E-state index in [0.717, 1.165) is 49.3 Å². The van der Waals surface area contributed by atoms with Crippen LogP contribution in [-0.2, 0) is 16.0 Å². The van der Waals surface area contributed by atoms with Crippen LogP contribution in [-0.4, -0.2) is 49.6 Å². The molecule has 0 atom stereocenters. The van der Waals surface area contributed by atoms with Crippen LogP contribution >= 0.6 is 0 Å². The molecule has 2 aliphatic heterocycles. The van der Waals surface area contributed by atoms with E-state index in [4.69, 9.17) is 9.90 Å². The molecule has 2 aliphatic rings. The Morgan fingerprint density at radius 1 is 1.12 bits per heavy atom. The van der Waals surface area contributed by atoms with E-state index < -0.39 is 0 Å². The van der Waals surface area contributed by atoms with Crippen molar-refractivity contribution in [3.8, 4) is 11.1 Å². The third-order valence-electron chi connectivity index (χ3n) is 5.69. The number of fused-ring (bicyclic) bond motifs is 1. The SMILES string of the molecule is CCC(=O)N1CCc2cc(-c3ccc(C(=O)NCC4=CCNCC4)cc3)ccc21.O=CO. The van der Waals surface area contributed by atoms with Crippen molar-refractivity contribution in [2.75, 3.05) is 31.1 Å². The van der Waals surface area contributed by atoms with Gasteiger partial charge in [-0.25, -0.2) is 0 Å². The van der Waals surface area contributed by atoms with Crippen LogP contribution in [0.2, 0.25) is 0 Å². The van der Waals surface area contributed by atoms with Gasteiger partial charge >= 0.3 is 0 Å². The van der Waals surface area contributed by atoms with Crippen molar-refractivity contribution in [3.05, 3.63) is 65.2 Å². The minimum absolute atomic E-state index is 0.0429. The number of nitrogens with one attached hydrogen (secondary N) is 2. The summed E-state index contributed by atoms with van der Waals surface area (Å²) >= 11 is 0. The highest BCUT2D eigenvalue weighted by Crippen LogP contribution is 2.32. The fourth-order valence-electron chi connectivity index (χ4n) is 3.97. The van der Waals surface area contributed by atoms with Gasteiger partial charge in [0.05, 0.1) is 0 Å². The van der Waals surface area contributed by atoms with Crippen LogP contribution in [0.5, 0.6) is 0 Å². The number of anilines is 1. The van der Waals surface area contributed by atoms with E-state index in [9.17, 15) is 9.59 Å². The average Bonchev–Trinajstić information content (AvgIpc) is 3.26. The quantitative estimate of drug-likeness (QED) is 0.495. The van der Waals surface area contributed by atoms with E-state index in [1.165, 1.54) is 11.1 Å². The second-order valence-corrected chi connectivity index (χ2v) is 7.67. The molecule has 3 N–H and O–H groups in total. The maximum absolute atomic E-state index is 12.4. The Hall–Kier alpha value is -3.45. The van der Waals surface area contributed by atoms with E-state index in [1.807, 2.05) is 42.2 Å². The summed E-state index contributed by atoms with van der Waals surface area (Å²) in [6.45, 7) is 4.87. The molecule has 0 unspecified atom stereocenters. The monoisotopic (exact) mass is 435 g/mol. The lowest BCUT2D eigenvalue weighted by atomic mass is 10.0. The van der Waals surface area contributed by atoms with Crippen LogP contribution in [0.4, 0.5) is 5.69 Å². The van der Waals surface area contributed by atoms with Crippen molar-refractivity contribution < 1.29 is 19.5 Å². The van der Waals surface area contributed by atoms with Crippen LogP contribution in [0.3, 0.4) is 0 Å². The molecule has 2 amide bonds. The van der Waals surface area contributed by atoms with Gasteiger partial charge in [0.1, 0.15) is 0 Å². The Morgan fingerprint density at radius 3 is 2.50 bits per heavy atom. The van der Waals surface area contributed by atoms with Crippen LogP contribution in [0.15, 0.2) is 54.1 Å². The number of benzene rings is 2. The Morgan fingerprint density at radius 2 is 1.84 bits per heavy atom. The van der Waals surface area contributed by atoms with Gasteiger partial charge in [-0.3, -0.25) is 14.4 Å². The molecule has 2 aromatic carbocycles. The van der Waals surface area contributed by atoms with Crippen molar-refractivity contribution in [1.29, 1.82) is 0 Å². The van der Waals surface area contributed by atoms with Gasteiger partial charge in [0.15, 0.2) is 0 Å². The van der Waals surface area contributed by atoms with E-state index in [-0.39, 0.29) is 18.3 Å². The van der Waals surface area contributed by atoms with Crippen molar-refractivity contribution >= 4 is 24.0 Å². The molecule has 0 saturated carbocycles. The summed E-state index contributed by atoms with van der Waals surface area (Å²) in [5.41, 5.74) is 6.38.